The number of aryl methyl sites for hydroxylation is 2. The summed E-state index contributed by atoms with van der Waals surface area (Å²) in [5, 5.41) is 1.26. The molecule has 0 aliphatic rings. The van der Waals surface area contributed by atoms with E-state index in [9.17, 15) is 4.79 Å². The number of hydrogen-bond donors (Lipinski definition) is 1. The van der Waals surface area contributed by atoms with E-state index < -0.39 is 0 Å². The van der Waals surface area contributed by atoms with Crippen LogP contribution in [0.1, 0.15) is 11.3 Å². The van der Waals surface area contributed by atoms with Crippen molar-refractivity contribution in [2.75, 3.05) is 0 Å². The Bertz CT molecular complexity index is 604. The van der Waals surface area contributed by atoms with E-state index in [1.807, 2.05) is 26.0 Å². The fourth-order valence-corrected chi connectivity index (χ4v) is 2.33. The van der Waals surface area contributed by atoms with Crippen molar-refractivity contribution >= 4 is 45.1 Å². The number of fused-ring (bicyclic) bond motifs is 1. The number of rotatable bonds is 0. The summed E-state index contributed by atoms with van der Waals surface area (Å²) in [5.74, 6) is 0. The second kappa shape index (κ2) is 3.79. The Morgan fingerprint density at radius 3 is 2.67 bits per heavy atom. The van der Waals surface area contributed by atoms with E-state index in [2.05, 4.69) is 27.6 Å². The van der Waals surface area contributed by atoms with Gasteiger partial charge in [-0.3, -0.25) is 4.79 Å². The Morgan fingerprint density at radius 1 is 1.33 bits per heavy atom. The average molecular weight is 334 g/mol. The third-order valence-corrected chi connectivity index (χ3v) is 3.92. The number of hydrogen-bond acceptors (Lipinski definition) is 1. The van der Waals surface area contributed by atoms with Crippen molar-refractivity contribution in [2.24, 2.45) is 0 Å². The Morgan fingerprint density at radius 2 is 2.00 bits per heavy atom. The van der Waals surface area contributed by atoms with E-state index in [0.717, 1.165) is 20.3 Å². The molecule has 4 heteroatoms. The summed E-state index contributed by atoms with van der Waals surface area (Å²) in [6, 6.07) is 3.72. The molecule has 78 valence electrons. The van der Waals surface area contributed by atoms with Crippen LogP contribution < -0.4 is 5.43 Å². The third kappa shape index (κ3) is 1.78. The summed E-state index contributed by atoms with van der Waals surface area (Å²) >= 11 is 8.14. The van der Waals surface area contributed by atoms with Gasteiger partial charge in [0.15, 0.2) is 0 Å². The fraction of sp³-hybridized carbons (Fsp3) is 0.182. The second-order valence-electron chi connectivity index (χ2n) is 3.56. The average Bonchev–Trinajstić information content (AvgIpc) is 2.17. The zero-order valence-corrected chi connectivity index (χ0v) is 11.2. The quantitative estimate of drug-likeness (QED) is 0.736. The smallest absolute Gasteiger partial charge is 0.203 e. The van der Waals surface area contributed by atoms with E-state index >= 15 is 0 Å². The van der Waals surface area contributed by atoms with Gasteiger partial charge in [-0.2, -0.15) is 0 Å². The normalized spacial score (nSPS) is 10.9. The van der Waals surface area contributed by atoms with E-state index in [0.29, 0.717) is 10.4 Å². The molecule has 0 bridgehead atoms. The molecule has 15 heavy (non-hydrogen) atoms. The van der Waals surface area contributed by atoms with E-state index in [1.54, 1.807) is 0 Å². The highest BCUT2D eigenvalue weighted by Crippen LogP contribution is 2.22. The highest BCUT2D eigenvalue weighted by molar-refractivity contribution is 14.1. The predicted octanol–water partition coefficient (Wildman–Crippen LogP) is 3.40. The fourth-order valence-electron chi connectivity index (χ4n) is 1.58. The maximum atomic E-state index is 12.0. The topological polar surface area (TPSA) is 32.9 Å². The summed E-state index contributed by atoms with van der Waals surface area (Å²) in [7, 11) is 0. The molecule has 1 aromatic carbocycles. The van der Waals surface area contributed by atoms with Gasteiger partial charge in [0.25, 0.3) is 0 Å². The molecule has 0 aliphatic heterocycles. The van der Waals surface area contributed by atoms with Crippen LogP contribution in [-0.2, 0) is 0 Å². The van der Waals surface area contributed by atoms with Crippen molar-refractivity contribution in [3.63, 3.8) is 0 Å². The molecule has 0 spiro atoms. The SMILES string of the molecule is Cc1cc(Cl)c2[nH]c(C)c(I)c(=O)c2c1. The zero-order valence-electron chi connectivity index (χ0n) is 8.32. The lowest BCUT2D eigenvalue weighted by molar-refractivity contribution is 1.21. The van der Waals surface area contributed by atoms with Crippen LogP contribution in [0.15, 0.2) is 16.9 Å². The molecule has 1 heterocycles. The summed E-state index contributed by atoms with van der Waals surface area (Å²) in [4.78, 5) is 15.1. The van der Waals surface area contributed by atoms with Crippen LogP contribution in [0.3, 0.4) is 0 Å². The molecule has 0 saturated carbocycles. The molecule has 0 saturated heterocycles. The molecule has 0 fully saturated rings. The molecule has 2 aromatic rings. The number of nitrogens with one attached hydrogen (secondary N) is 1. The van der Waals surface area contributed by atoms with E-state index in [1.165, 1.54) is 0 Å². The molecule has 0 atom stereocenters. The molecule has 0 radical (unpaired) electrons. The number of aromatic nitrogens is 1. The van der Waals surface area contributed by atoms with Crippen molar-refractivity contribution in [1.82, 2.24) is 4.98 Å². The number of aromatic amines is 1. The van der Waals surface area contributed by atoms with Crippen molar-refractivity contribution < 1.29 is 0 Å². The van der Waals surface area contributed by atoms with Gasteiger partial charge in [-0.05, 0) is 54.1 Å². The van der Waals surface area contributed by atoms with Crippen LogP contribution in [0.4, 0.5) is 0 Å². The minimum atomic E-state index is 0.0486. The predicted molar refractivity (Wildman–Crippen MR) is 71.8 cm³/mol. The lowest BCUT2D eigenvalue weighted by Crippen LogP contribution is -2.10. The first-order valence-corrected chi connectivity index (χ1v) is 5.94. The van der Waals surface area contributed by atoms with Crippen LogP contribution >= 0.6 is 34.2 Å². The van der Waals surface area contributed by atoms with Gasteiger partial charge in [-0.15, -0.1) is 0 Å². The molecule has 1 aromatic heterocycles. The Kier molecular flexibility index (Phi) is 2.77. The van der Waals surface area contributed by atoms with Crippen LogP contribution in [0, 0.1) is 17.4 Å². The summed E-state index contributed by atoms with van der Waals surface area (Å²) in [6.07, 6.45) is 0. The van der Waals surface area contributed by atoms with Gasteiger partial charge in [0, 0.05) is 11.1 Å². The lowest BCUT2D eigenvalue weighted by Gasteiger charge is -2.05. The molecule has 0 aliphatic carbocycles. The lowest BCUT2D eigenvalue weighted by atomic mass is 10.1. The van der Waals surface area contributed by atoms with Crippen molar-refractivity contribution in [3.05, 3.63) is 42.2 Å². The van der Waals surface area contributed by atoms with Crippen molar-refractivity contribution in [1.29, 1.82) is 0 Å². The minimum Gasteiger partial charge on any atom is -0.356 e. The second-order valence-corrected chi connectivity index (χ2v) is 5.05. The number of benzene rings is 1. The third-order valence-electron chi connectivity index (χ3n) is 2.32. The maximum absolute atomic E-state index is 12.0. The van der Waals surface area contributed by atoms with Gasteiger partial charge >= 0.3 is 0 Å². The van der Waals surface area contributed by atoms with Crippen LogP contribution in [0.2, 0.25) is 5.02 Å². The first-order chi connectivity index (χ1) is 7.00. The van der Waals surface area contributed by atoms with E-state index in [4.69, 9.17) is 11.6 Å². The molecular weight excluding hydrogens is 324 g/mol. The largest absolute Gasteiger partial charge is 0.356 e. The van der Waals surface area contributed by atoms with E-state index in [-0.39, 0.29) is 5.43 Å². The highest BCUT2D eigenvalue weighted by Gasteiger charge is 2.09. The summed E-state index contributed by atoms with van der Waals surface area (Å²) in [6.45, 7) is 3.80. The first kappa shape index (κ1) is 11.0. The van der Waals surface area contributed by atoms with Gasteiger partial charge < -0.3 is 4.98 Å². The van der Waals surface area contributed by atoms with Gasteiger partial charge in [-0.1, -0.05) is 11.6 Å². The summed E-state index contributed by atoms with van der Waals surface area (Å²) in [5.41, 5.74) is 2.63. The van der Waals surface area contributed by atoms with Gasteiger partial charge in [0.05, 0.1) is 14.1 Å². The van der Waals surface area contributed by atoms with Crippen molar-refractivity contribution in [3.8, 4) is 0 Å². The van der Waals surface area contributed by atoms with Crippen LogP contribution in [-0.4, -0.2) is 4.98 Å². The Balaban J connectivity index is 3.06. The van der Waals surface area contributed by atoms with Gasteiger partial charge in [-0.25, -0.2) is 0 Å². The Hall–Kier alpha value is -0.550. The number of halogens is 2. The molecule has 0 amide bonds. The maximum Gasteiger partial charge on any atom is 0.203 e. The summed E-state index contributed by atoms with van der Waals surface area (Å²) < 4.78 is 0.724. The highest BCUT2D eigenvalue weighted by atomic mass is 127. The van der Waals surface area contributed by atoms with Crippen LogP contribution in [0.5, 0.6) is 0 Å². The zero-order chi connectivity index (χ0) is 11.2. The monoisotopic (exact) mass is 333 g/mol. The molecule has 2 rings (SSSR count). The molecule has 1 N–H and O–H groups in total. The first-order valence-electron chi connectivity index (χ1n) is 4.49. The van der Waals surface area contributed by atoms with Gasteiger partial charge in [0.1, 0.15) is 0 Å². The number of H-pyrrole nitrogens is 1. The Labute approximate surface area is 106 Å². The molecule has 0 unspecified atom stereocenters. The number of pyridine rings is 1. The van der Waals surface area contributed by atoms with Crippen molar-refractivity contribution in [2.45, 2.75) is 13.8 Å². The molecular formula is C11H9ClINO. The van der Waals surface area contributed by atoms with Gasteiger partial charge in [0.2, 0.25) is 5.43 Å². The molecule has 2 nitrogen and oxygen atoms in total. The minimum absolute atomic E-state index is 0.0486. The standard InChI is InChI=1S/C11H9ClINO/c1-5-3-7-10(8(12)4-5)14-6(2)9(13)11(7)15/h3-4H,1-2H3,(H,14,15). The van der Waals surface area contributed by atoms with Crippen LogP contribution in [0.25, 0.3) is 10.9 Å².